The minimum atomic E-state index is 0.621. The van der Waals surface area contributed by atoms with Gasteiger partial charge in [-0.15, -0.1) is 11.3 Å². The lowest BCUT2D eigenvalue weighted by Gasteiger charge is -2.27. The number of fused-ring (bicyclic) bond motifs is 1. The van der Waals surface area contributed by atoms with Gasteiger partial charge in [-0.05, 0) is 42.7 Å². The first-order valence-electron chi connectivity index (χ1n) is 9.31. The Morgan fingerprint density at radius 3 is 2.78 bits per heavy atom. The Bertz CT molecular complexity index is 922. The SMILES string of the molecule is CCOc1ccc(-c2nc(CN3CCc4ccccc4C3)cs2)cc1OC. The van der Waals surface area contributed by atoms with Gasteiger partial charge in [0.2, 0.25) is 0 Å². The Labute approximate surface area is 164 Å². The van der Waals surface area contributed by atoms with Crippen LogP contribution in [0.3, 0.4) is 0 Å². The molecule has 0 spiro atoms. The lowest BCUT2D eigenvalue weighted by molar-refractivity contribution is 0.243. The molecule has 0 atom stereocenters. The summed E-state index contributed by atoms with van der Waals surface area (Å²) in [5, 5.41) is 3.18. The summed E-state index contributed by atoms with van der Waals surface area (Å²) in [5.41, 5.74) is 5.11. The molecule has 140 valence electrons. The van der Waals surface area contributed by atoms with E-state index in [2.05, 4.69) is 34.5 Å². The summed E-state index contributed by atoms with van der Waals surface area (Å²) in [6, 6.07) is 14.8. The van der Waals surface area contributed by atoms with Crippen LogP contribution in [0.25, 0.3) is 10.6 Å². The zero-order chi connectivity index (χ0) is 18.6. The number of hydrogen-bond donors (Lipinski definition) is 0. The molecule has 2 aromatic carbocycles. The summed E-state index contributed by atoms with van der Waals surface area (Å²) in [6.07, 6.45) is 1.11. The molecular formula is C22H24N2O2S. The summed E-state index contributed by atoms with van der Waals surface area (Å²) >= 11 is 1.68. The van der Waals surface area contributed by atoms with E-state index in [1.165, 1.54) is 11.1 Å². The molecule has 5 heteroatoms. The number of hydrogen-bond acceptors (Lipinski definition) is 5. The van der Waals surface area contributed by atoms with Gasteiger partial charge in [0.25, 0.3) is 0 Å². The van der Waals surface area contributed by atoms with Gasteiger partial charge in [0.1, 0.15) is 5.01 Å². The van der Waals surface area contributed by atoms with Crippen molar-refractivity contribution < 1.29 is 9.47 Å². The van der Waals surface area contributed by atoms with E-state index in [1.807, 2.05) is 25.1 Å². The van der Waals surface area contributed by atoms with Gasteiger partial charge >= 0.3 is 0 Å². The van der Waals surface area contributed by atoms with Gasteiger partial charge in [0.15, 0.2) is 11.5 Å². The molecule has 0 aliphatic carbocycles. The fraction of sp³-hybridized carbons (Fsp3) is 0.318. The minimum absolute atomic E-state index is 0.621. The monoisotopic (exact) mass is 380 g/mol. The van der Waals surface area contributed by atoms with E-state index in [-0.39, 0.29) is 0 Å². The van der Waals surface area contributed by atoms with Gasteiger partial charge in [0, 0.05) is 30.6 Å². The van der Waals surface area contributed by atoms with Crippen LogP contribution in [0.5, 0.6) is 11.5 Å². The van der Waals surface area contributed by atoms with Crippen molar-refractivity contribution in [2.75, 3.05) is 20.3 Å². The lowest BCUT2D eigenvalue weighted by atomic mass is 10.00. The Hall–Kier alpha value is -2.37. The van der Waals surface area contributed by atoms with Crippen molar-refractivity contribution >= 4 is 11.3 Å². The van der Waals surface area contributed by atoms with Crippen LogP contribution < -0.4 is 9.47 Å². The average molecular weight is 381 g/mol. The van der Waals surface area contributed by atoms with E-state index < -0.39 is 0 Å². The normalized spacial score (nSPS) is 14.0. The van der Waals surface area contributed by atoms with Crippen LogP contribution in [-0.4, -0.2) is 30.1 Å². The number of nitrogens with zero attached hydrogens (tertiary/aromatic N) is 2. The van der Waals surface area contributed by atoms with Crippen molar-refractivity contribution in [3.05, 3.63) is 64.7 Å². The summed E-state index contributed by atoms with van der Waals surface area (Å²) in [6.45, 7) is 5.56. The Balaban J connectivity index is 1.48. The third-order valence-electron chi connectivity index (χ3n) is 4.86. The molecule has 0 fully saturated rings. The second kappa shape index (κ2) is 8.11. The molecule has 2 heterocycles. The first kappa shape index (κ1) is 18.0. The molecule has 3 aromatic rings. The number of ether oxygens (including phenoxy) is 2. The van der Waals surface area contributed by atoms with Crippen LogP contribution in [0.2, 0.25) is 0 Å². The number of thiazole rings is 1. The molecule has 1 aliphatic heterocycles. The highest BCUT2D eigenvalue weighted by molar-refractivity contribution is 7.13. The standard InChI is InChI=1S/C22H24N2O2S/c1-3-26-20-9-8-17(12-21(20)25-2)22-23-19(15-27-22)14-24-11-10-16-6-4-5-7-18(16)13-24/h4-9,12,15H,3,10-11,13-14H2,1-2H3. The van der Waals surface area contributed by atoms with Crippen LogP contribution in [0.4, 0.5) is 0 Å². The average Bonchev–Trinajstić information content (AvgIpc) is 3.17. The molecule has 0 saturated carbocycles. The van der Waals surface area contributed by atoms with E-state index in [4.69, 9.17) is 14.5 Å². The molecule has 4 nitrogen and oxygen atoms in total. The molecule has 4 rings (SSSR count). The van der Waals surface area contributed by atoms with Crippen molar-refractivity contribution in [3.8, 4) is 22.1 Å². The molecule has 0 saturated heterocycles. The fourth-order valence-electron chi connectivity index (χ4n) is 3.51. The Morgan fingerprint density at radius 1 is 1.11 bits per heavy atom. The zero-order valence-electron chi connectivity index (χ0n) is 15.8. The van der Waals surface area contributed by atoms with Crippen molar-refractivity contribution in [2.24, 2.45) is 0 Å². The molecule has 1 aromatic heterocycles. The number of benzene rings is 2. The first-order chi connectivity index (χ1) is 13.3. The van der Waals surface area contributed by atoms with Crippen LogP contribution in [0.15, 0.2) is 47.8 Å². The molecule has 27 heavy (non-hydrogen) atoms. The number of methoxy groups -OCH3 is 1. The summed E-state index contributed by atoms with van der Waals surface area (Å²) in [5.74, 6) is 1.52. The molecule has 0 bridgehead atoms. The molecule has 0 N–H and O–H groups in total. The number of aromatic nitrogens is 1. The van der Waals surface area contributed by atoms with Crippen LogP contribution >= 0.6 is 11.3 Å². The van der Waals surface area contributed by atoms with Crippen molar-refractivity contribution in [2.45, 2.75) is 26.4 Å². The molecule has 0 amide bonds. The van der Waals surface area contributed by atoms with E-state index in [0.29, 0.717) is 6.61 Å². The van der Waals surface area contributed by atoms with Crippen LogP contribution in [-0.2, 0) is 19.5 Å². The van der Waals surface area contributed by atoms with Gasteiger partial charge < -0.3 is 9.47 Å². The van der Waals surface area contributed by atoms with Crippen molar-refractivity contribution in [1.29, 1.82) is 0 Å². The van der Waals surface area contributed by atoms with E-state index in [0.717, 1.165) is 53.8 Å². The van der Waals surface area contributed by atoms with E-state index >= 15 is 0 Å². The van der Waals surface area contributed by atoms with Gasteiger partial charge in [-0.2, -0.15) is 0 Å². The fourth-order valence-corrected chi connectivity index (χ4v) is 4.31. The third-order valence-corrected chi connectivity index (χ3v) is 5.80. The summed E-state index contributed by atoms with van der Waals surface area (Å²) in [4.78, 5) is 7.33. The minimum Gasteiger partial charge on any atom is -0.493 e. The van der Waals surface area contributed by atoms with Gasteiger partial charge in [-0.3, -0.25) is 4.90 Å². The van der Waals surface area contributed by atoms with Crippen molar-refractivity contribution in [3.63, 3.8) is 0 Å². The second-order valence-electron chi connectivity index (χ2n) is 6.67. The largest absolute Gasteiger partial charge is 0.493 e. The van der Waals surface area contributed by atoms with Crippen LogP contribution in [0.1, 0.15) is 23.7 Å². The predicted octanol–water partition coefficient (Wildman–Crippen LogP) is 4.78. The van der Waals surface area contributed by atoms with Crippen molar-refractivity contribution in [1.82, 2.24) is 9.88 Å². The van der Waals surface area contributed by atoms with Gasteiger partial charge in [-0.25, -0.2) is 4.98 Å². The molecule has 0 unspecified atom stereocenters. The molecule has 1 aliphatic rings. The molecular weight excluding hydrogens is 356 g/mol. The Morgan fingerprint density at radius 2 is 1.96 bits per heavy atom. The quantitative estimate of drug-likeness (QED) is 0.617. The highest BCUT2D eigenvalue weighted by Crippen LogP contribution is 2.34. The van der Waals surface area contributed by atoms with Crippen LogP contribution in [0, 0.1) is 0 Å². The maximum atomic E-state index is 5.60. The predicted molar refractivity (Wildman–Crippen MR) is 110 cm³/mol. The third kappa shape index (κ3) is 3.99. The maximum Gasteiger partial charge on any atom is 0.161 e. The number of rotatable bonds is 6. The summed E-state index contributed by atoms with van der Waals surface area (Å²) < 4.78 is 11.1. The van der Waals surface area contributed by atoms with E-state index in [1.54, 1.807) is 18.4 Å². The smallest absolute Gasteiger partial charge is 0.161 e. The summed E-state index contributed by atoms with van der Waals surface area (Å²) in [7, 11) is 1.67. The Kier molecular flexibility index (Phi) is 5.41. The topological polar surface area (TPSA) is 34.6 Å². The van der Waals surface area contributed by atoms with Gasteiger partial charge in [-0.1, -0.05) is 24.3 Å². The highest BCUT2D eigenvalue weighted by atomic mass is 32.1. The zero-order valence-corrected chi connectivity index (χ0v) is 16.6. The first-order valence-corrected chi connectivity index (χ1v) is 10.2. The molecule has 0 radical (unpaired) electrons. The maximum absolute atomic E-state index is 5.60. The second-order valence-corrected chi connectivity index (χ2v) is 7.53. The van der Waals surface area contributed by atoms with Gasteiger partial charge in [0.05, 0.1) is 19.4 Å². The highest BCUT2D eigenvalue weighted by Gasteiger charge is 2.17. The van der Waals surface area contributed by atoms with E-state index in [9.17, 15) is 0 Å². The lowest BCUT2D eigenvalue weighted by Crippen LogP contribution is -2.30.